The van der Waals surface area contributed by atoms with Crippen molar-refractivity contribution in [1.82, 2.24) is 5.32 Å². The van der Waals surface area contributed by atoms with E-state index in [1.165, 1.54) is 0 Å². The summed E-state index contributed by atoms with van der Waals surface area (Å²) in [7, 11) is 0. The zero-order valence-corrected chi connectivity index (χ0v) is 13.6. The summed E-state index contributed by atoms with van der Waals surface area (Å²) in [5.41, 5.74) is -1.39. The van der Waals surface area contributed by atoms with Crippen LogP contribution in [0.5, 0.6) is 0 Å². The molecule has 3 nitrogen and oxygen atoms in total. The minimum Gasteiger partial charge on any atom is -0.324 e. The van der Waals surface area contributed by atoms with E-state index >= 15 is 0 Å². The number of fused-ring (bicyclic) bond motifs is 2. The van der Waals surface area contributed by atoms with E-state index in [2.05, 4.69) is 10.6 Å². The van der Waals surface area contributed by atoms with Gasteiger partial charge in [0.05, 0.1) is 11.3 Å². The van der Waals surface area contributed by atoms with E-state index in [1.807, 2.05) is 0 Å². The average molecular weight is 367 g/mol. The first kappa shape index (κ1) is 19.0. The minimum absolute atomic E-state index is 0. The maximum Gasteiger partial charge on any atom is 0.416 e. The lowest BCUT2D eigenvalue weighted by molar-refractivity contribution is -0.137. The zero-order chi connectivity index (χ0) is 16.6. The van der Waals surface area contributed by atoms with E-state index in [4.69, 9.17) is 0 Å². The van der Waals surface area contributed by atoms with Crippen LogP contribution >= 0.6 is 12.4 Å². The molecule has 1 amide bonds. The lowest BCUT2D eigenvalue weighted by atomic mass is 9.89. The van der Waals surface area contributed by atoms with Crippen molar-refractivity contribution in [2.75, 3.05) is 5.32 Å². The van der Waals surface area contributed by atoms with Crippen LogP contribution in [0.2, 0.25) is 0 Å². The van der Waals surface area contributed by atoms with Gasteiger partial charge in [0, 0.05) is 18.5 Å². The maximum absolute atomic E-state index is 13.6. The number of anilines is 1. The number of hydrogen-bond donors (Lipinski definition) is 2. The highest BCUT2D eigenvalue weighted by molar-refractivity contribution is 5.91. The molecular formula is C16H19ClF4N2O. The molecule has 0 aromatic heterocycles. The summed E-state index contributed by atoms with van der Waals surface area (Å²) in [6, 6.07) is 2.88. The number of piperidine rings is 1. The lowest BCUT2D eigenvalue weighted by Crippen LogP contribution is -2.39. The van der Waals surface area contributed by atoms with E-state index in [0.717, 1.165) is 31.7 Å². The molecule has 2 saturated heterocycles. The Bertz CT molecular complexity index is 596. The first-order chi connectivity index (χ1) is 10.8. The molecule has 2 unspecified atom stereocenters. The Kier molecular flexibility index (Phi) is 5.75. The Morgan fingerprint density at radius 1 is 1.21 bits per heavy atom. The number of amides is 1. The van der Waals surface area contributed by atoms with Crippen molar-refractivity contribution in [2.24, 2.45) is 5.92 Å². The van der Waals surface area contributed by atoms with Gasteiger partial charge < -0.3 is 10.6 Å². The molecular weight excluding hydrogens is 348 g/mol. The number of hydrogen-bond acceptors (Lipinski definition) is 2. The van der Waals surface area contributed by atoms with Gasteiger partial charge >= 0.3 is 6.18 Å². The SMILES string of the molecule is Cl.O=C(CC1CC2CCC(C1)N2)Nc1cc(C(F)(F)F)ccc1F. The molecule has 2 aliphatic heterocycles. The predicted molar refractivity (Wildman–Crippen MR) is 84.6 cm³/mol. The van der Waals surface area contributed by atoms with Crippen LogP contribution in [0.1, 0.15) is 37.7 Å². The van der Waals surface area contributed by atoms with E-state index < -0.39 is 29.2 Å². The number of benzene rings is 1. The Morgan fingerprint density at radius 2 is 1.83 bits per heavy atom. The fraction of sp³-hybridized carbons (Fsp3) is 0.562. The third kappa shape index (κ3) is 4.39. The van der Waals surface area contributed by atoms with Gasteiger partial charge in [-0.1, -0.05) is 0 Å². The molecule has 1 aromatic carbocycles. The van der Waals surface area contributed by atoms with Crippen LogP contribution in [-0.2, 0) is 11.0 Å². The van der Waals surface area contributed by atoms with Crippen LogP contribution < -0.4 is 10.6 Å². The van der Waals surface area contributed by atoms with Crippen LogP contribution in [0.25, 0.3) is 0 Å². The van der Waals surface area contributed by atoms with E-state index in [-0.39, 0.29) is 24.7 Å². The van der Waals surface area contributed by atoms with Gasteiger partial charge in [0.2, 0.25) is 5.91 Å². The van der Waals surface area contributed by atoms with Gasteiger partial charge in [-0.05, 0) is 49.8 Å². The van der Waals surface area contributed by atoms with E-state index in [9.17, 15) is 22.4 Å². The molecule has 8 heteroatoms. The number of halogens is 5. The van der Waals surface area contributed by atoms with Crippen molar-refractivity contribution in [2.45, 2.75) is 50.4 Å². The second-order valence-electron chi connectivity index (χ2n) is 6.42. The van der Waals surface area contributed by atoms with Crippen molar-refractivity contribution >= 4 is 24.0 Å². The molecule has 3 rings (SSSR count). The second kappa shape index (κ2) is 7.27. The van der Waals surface area contributed by atoms with Gasteiger partial charge in [-0.25, -0.2) is 4.39 Å². The summed E-state index contributed by atoms with van der Waals surface area (Å²) >= 11 is 0. The fourth-order valence-corrected chi connectivity index (χ4v) is 3.60. The summed E-state index contributed by atoms with van der Waals surface area (Å²) in [6.07, 6.45) is -0.383. The lowest BCUT2D eigenvalue weighted by Gasteiger charge is -2.28. The molecule has 0 aliphatic carbocycles. The van der Waals surface area contributed by atoms with Crippen molar-refractivity contribution in [3.05, 3.63) is 29.6 Å². The number of carbonyl (C=O) groups excluding carboxylic acids is 1. The van der Waals surface area contributed by atoms with Gasteiger partial charge in [-0.3, -0.25) is 4.79 Å². The van der Waals surface area contributed by atoms with Crippen molar-refractivity contribution in [3.63, 3.8) is 0 Å². The Morgan fingerprint density at radius 3 is 2.42 bits per heavy atom. The second-order valence-corrected chi connectivity index (χ2v) is 6.42. The van der Waals surface area contributed by atoms with Crippen LogP contribution in [0.3, 0.4) is 0 Å². The topological polar surface area (TPSA) is 41.1 Å². The average Bonchev–Trinajstić information content (AvgIpc) is 2.79. The van der Waals surface area contributed by atoms with E-state index in [0.29, 0.717) is 24.2 Å². The largest absolute Gasteiger partial charge is 0.416 e. The quantitative estimate of drug-likeness (QED) is 0.790. The van der Waals surface area contributed by atoms with Gasteiger partial charge in [0.25, 0.3) is 0 Å². The van der Waals surface area contributed by atoms with Crippen molar-refractivity contribution in [3.8, 4) is 0 Å². The smallest absolute Gasteiger partial charge is 0.324 e. The summed E-state index contributed by atoms with van der Waals surface area (Å²) in [4.78, 5) is 12.0. The molecule has 2 N–H and O–H groups in total. The Hall–Kier alpha value is -1.34. The first-order valence-corrected chi connectivity index (χ1v) is 7.74. The number of rotatable bonds is 3. The van der Waals surface area contributed by atoms with Gasteiger partial charge in [0.1, 0.15) is 5.82 Å². The highest BCUT2D eigenvalue weighted by atomic mass is 35.5. The van der Waals surface area contributed by atoms with Gasteiger partial charge in [0.15, 0.2) is 0 Å². The maximum atomic E-state index is 13.6. The number of alkyl halides is 3. The number of nitrogens with one attached hydrogen (secondary N) is 2. The van der Waals surface area contributed by atoms with Crippen molar-refractivity contribution < 1.29 is 22.4 Å². The van der Waals surface area contributed by atoms with Crippen LogP contribution in [0.4, 0.5) is 23.2 Å². The summed E-state index contributed by atoms with van der Waals surface area (Å²) in [5.74, 6) is -1.10. The Balaban J connectivity index is 0.00000208. The third-order valence-electron chi connectivity index (χ3n) is 4.61. The zero-order valence-electron chi connectivity index (χ0n) is 12.8. The number of carbonyl (C=O) groups is 1. The Labute approximate surface area is 143 Å². The highest BCUT2D eigenvalue weighted by Crippen LogP contribution is 2.34. The standard InChI is InChI=1S/C16H18F4N2O.ClH/c17-13-4-1-10(16(18,19)20)8-14(13)22-15(23)7-9-5-11-2-3-12(6-9)21-11;/h1,4,8-9,11-12,21H,2-3,5-7H2,(H,22,23);1H. The molecule has 134 valence electrons. The molecule has 2 atom stereocenters. The molecule has 1 aromatic rings. The highest BCUT2D eigenvalue weighted by Gasteiger charge is 2.34. The monoisotopic (exact) mass is 366 g/mol. The van der Waals surface area contributed by atoms with Crippen LogP contribution in [-0.4, -0.2) is 18.0 Å². The normalized spacial score (nSPS) is 25.9. The third-order valence-corrected chi connectivity index (χ3v) is 4.61. The minimum atomic E-state index is -4.57. The van der Waals surface area contributed by atoms with Crippen LogP contribution in [0.15, 0.2) is 18.2 Å². The molecule has 0 spiro atoms. The molecule has 2 fully saturated rings. The summed E-state index contributed by atoms with van der Waals surface area (Å²) in [6.45, 7) is 0. The molecule has 2 aliphatic rings. The van der Waals surface area contributed by atoms with E-state index in [1.54, 1.807) is 0 Å². The molecule has 2 heterocycles. The molecule has 0 radical (unpaired) electrons. The first-order valence-electron chi connectivity index (χ1n) is 7.74. The van der Waals surface area contributed by atoms with Gasteiger partial charge in [-0.2, -0.15) is 13.2 Å². The fourth-order valence-electron chi connectivity index (χ4n) is 3.60. The van der Waals surface area contributed by atoms with Gasteiger partial charge in [-0.15, -0.1) is 12.4 Å². The van der Waals surface area contributed by atoms with Crippen molar-refractivity contribution in [1.29, 1.82) is 0 Å². The molecule has 2 bridgehead atoms. The van der Waals surface area contributed by atoms with Crippen LogP contribution in [0, 0.1) is 11.7 Å². The summed E-state index contributed by atoms with van der Waals surface area (Å²) in [5, 5.41) is 5.75. The molecule has 24 heavy (non-hydrogen) atoms. The summed E-state index contributed by atoms with van der Waals surface area (Å²) < 4.78 is 51.6. The molecule has 0 saturated carbocycles. The predicted octanol–water partition coefficient (Wildman–Crippen LogP) is 4.13.